The highest BCUT2D eigenvalue weighted by atomic mass is 32.2. The van der Waals surface area contributed by atoms with Crippen LogP contribution in [0.15, 0.2) is 40.6 Å². The van der Waals surface area contributed by atoms with Gasteiger partial charge in [0.05, 0.1) is 11.4 Å². The molecule has 1 saturated heterocycles. The molecule has 160 valence electrons. The average Bonchev–Trinajstić information content (AvgIpc) is 3.19. The molecule has 0 spiro atoms. The molecule has 1 aromatic heterocycles. The summed E-state index contributed by atoms with van der Waals surface area (Å²) in [4.78, 5) is 25.5. The summed E-state index contributed by atoms with van der Waals surface area (Å²) in [5.74, 6) is -0.219. The van der Waals surface area contributed by atoms with Gasteiger partial charge in [-0.25, -0.2) is 8.42 Å². The van der Waals surface area contributed by atoms with Crippen LogP contribution in [0, 0.1) is 5.92 Å². The molecule has 0 radical (unpaired) electrons. The van der Waals surface area contributed by atoms with Crippen LogP contribution in [0.5, 0.6) is 0 Å². The number of rotatable bonds is 5. The topological polar surface area (TPSA) is 95.6 Å². The van der Waals surface area contributed by atoms with Gasteiger partial charge in [-0.1, -0.05) is 6.07 Å². The van der Waals surface area contributed by atoms with Crippen LogP contribution in [0.25, 0.3) is 0 Å². The summed E-state index contributed by atoms with van der Waals surface area (Å²) in [6, 6.07) is 8.84. The van der Waals surface area contributed by atoms with E-state index in [9.17, 15) is 18.0 Å². The minimum absolute atomic E-state index is 0.0128. The van der Waals surface area contributed by atoms with Crippen LogP contribution in [0.1, 0.15) is 36.1 Å². The SMILES string of the molecule is O=C1CCCc2cc(S(=O)(=O)N3CCC(C(=O)NCc4cccs4)CC3)ccc2N1. The highest BCUT2D eigenvalue weighted by Crippen LogP contribution is 2.29. The molecule has 4 rings (SSSR count). The number of carbonyl (C=O) groups excluding carboxylic acids is 2. The molecule has 3 heterocycles. The maximum Gasteiger partial charge on any atom is 0.243 e. The van der Waals surface area contributed by atoms with Crippen LogP contribution in [-0.2, 0) is 32.6 Å². The predicted octanol–water partition coefficient (Wildman–Crippen LogP) is 2.74. The Morgan fingerprint density at radius 1 is 1.20 bits per heavy atom. The van der Waals surface area contributed by atoms with Crippen LogP contribution in [0.2, 0.25) is 0 Å². The maximum absolute atomic E-state index is 13.1. The van der Waals surface area contributed by atoms with Gasteiger partial charge in [0.15, 0.2) is 0 Å². The van der Waals surface area contributed by atoms with Crippen LogP contribution >= 0.6 is 11.3 Å². The monoisotopic (exact) mass is 447 g/mol. The highest BCUT2D eigenvalue weighted by Gasteiger charge is 2.32. The molecule has 0 bridgehead atoms. The zero-order valence-electron chi connectivity index (χ0n) is 16.6. The van der Waals surface area contributed by atoms with Gasteiger partial charge < -0.3 is 10.6 Å². The zero-order chi connectivity index (χ0) is 21.1. The van der Waals surface area contributed by atoms with E-state index in [2.05, 4.69) is 10.6 Å². The van der Waals surface area contributed by atoms with Gasteiger partial charge in [-0.3, -0.25) is 9.59 Å². The molecule has 0 unspecified atom stereocenters. The van der Waals surface area contributed by atoms with E-state index in [1.807, 2.05) is 17.5 Å². The first-order chi connectivity index (χ1) is 14.4. The van der Waals surface area contributed by atoms with Crippen molar-refractivity contribution in [1.82, 2.24) is 9.62 Å². The molecule has 30 heavy (non-hydrogen) atoms. The lowest BCUT2D eigenvalue weighted by atomic mass is 9.97. The Kier molecular flexibility index (Phi) is 6.21. The number of thiophene rings is 1. The quantitative estimate of drug-likeness (QED) is 0.737. The Balaban J connectivity index is 1.38. The number of nitrogens with one attached hydrogen (secondary N) is 2. The number of nitrogens with zero attached hydrogens (tertiary/aromatic N) is 1. The molecule has 2 aliphatic rings. The number of hydrogen-bond donors (Lipinski definition) is 2. The Morgan fingerprint density at radius 2 is 2.00 bits per heavy atom. The third kappa shape index (κ3) is 4.58. The second-order valence-corrected chi connectivity index (χ2v) is 10.7. The molecular formula is C21H25N3O4S2. The number of fused-ring (bicyclic) bond motifs is 1. The van der Waals surface area contributed by atoms with Crippen molar-refractivity contribution in [3.63, 3.8) is 0 Å². The van der Waals surface area contributed by atoms with E-state index >= 15 is 0 Å². The number of amides is 2. The van der Waals surface area contributed by atoms with Gasteiger partial charge in [0, 0.05) is 36.0 Å². The molecule has 1 fully saturated rings. The molecule has 2 amide bonds. The van der Waals surface area contributed by atoms with Gasteiger partial charge in [0.1, 0.15) is 0 Å². The number of aryl methyl sites for hydroxylation is 1. The summed E-state index contributed by atoms with van der Waals surface area (Å²) in [5, 5.41) is 7.76. The summed E-state index contributed by atoms with van der Waals surface area (Å²) in [6.45, 7) is 1.17. The fourth-order valence-corrected chi connectivity index (χ4v) is 6.12. The van der Waals surface area contributed by atoms with E-state index in [1.165, 1.54) is 4.31 Å². The van der Waals surface area contributed by atoms with Gasteiger partial charge in [-0.2, -0.15) is 4.31 Å². The van der Waals surface area contributed by atoms with Crippen molar-refractivity contribution < 1.29 is 18.0 Å². The molecule has 0 saturated carbocycles. The van der Waals surface area contributed by atoms with Gasteiger partial charge in [0.2, 0.25) is 21.8 Å². The van der Waals surface area contributed by atoms with Gasteiger partial charge >= 0.3 is 0 Å². The van der Waals surface area contributed by atoms with E-state index in [1.54, 1.807) is 29.5 Å². The van der Waals surface area contributed by atoms with Crippen LogP contribution in [-0.4, -0.2) is 37.6 Å². The van der Waals surface area contributed by atoms with Crippen LogP contribution in [0.3, 0.4) is 0 Å². The lowest BCUT2D eigenvalue weighted by Crippen LogP contribution is -2.42. The first-order valence-electron chi connectivity index (χ1n) is 10.2. The normalized spacial score (nSPS) is 18.3. The molecular weight excluding hydrogens is 422 g/mol. The van der Waals surface area contributed by atoms with Gasteiger partial charge in [-0.05, 0) is 60.9 Å². The maximum atomic E-state index is 13.1. The first kappa shape index (κ1) is 21.0. The molecule has 0 aliphatic carbocycles. The summed E-state index contributed by atoms with van der Waals surface area (Å²) in [6.07, 6.45) is 2.84. The molecule has 2 aromatic rings. The number of piperidine rings is 1. The molecule has 2 N–H and O–H groups in total. The second-order valence-electron chi connectivity index (χ2n) is 7.70. The second kappa shape index (κ2) is 8.87. The molecule has 1 aromatic carbocycles. The average molecular weight is 448 g/mol. The third-order valence-corrected chi connectivity index (χ3v) is 8.45. The van der Waals surface area contributed by atoms with E-state index in [0.29, 0.717) is 57.4 Å². The lowest BCUT2D eigenvalue weighted by molar-refractivity contribution is -0.126. The summed E-state index contributed by atoms with van der Waals surface area (Å²) in [7, 11) is -3.63. The zero-order valence-corrected chi connectivity index (χ0v) is 18.2. The third-order valence-electron chi connectivity index (χ3n) is 5.68. The number of hydrogen-bond acceptors (Lipinski definition) is 5. The van der Waals surface area contributed by atoms with Crippen molar-refractivity contribution in [2.45, 2.75) is 43.5 Å². The standard InChI is InChI=1S/C21H25N3O4S2/c25-20-5-1-3-16-13-18(6-7-19(16)23-20)30(27,28)24-10-8-15(9-11-24)21(26)22-14-17-4-2-12-29-17/h2,4,6-7,12-13,15H,1,3,5,8-11,14H2,(H,22,26)(H,23,25). The van der Waals surface area contributed by atoms with Crippen molar-refractivity contribution >= 4 is 38.9 Å². The molecule has 2 aliphatic heterocycles. The van der Waals surface area contributed by atoms with Crippen molar-refractivity contribution in [2.24, 2.45) is 5.92 Å². The van der Waals surface area contributed by atoms with Crippen molar-refractivity contribution in [1.29, 1.82) is 0 Å². The van der Waals surface area contributed by atoms with Crippen LogP contribution in [0.4, 0.5) is 5.69 Å². The Labute approximate surface area is 180 Å². The molecule has 7 nitrogen and oxygen atoms in total. The van der Waals surface area contributed by atoms with Gasteiger partial charge in [-0.15, -0.1) is 11.3 Å². The molecule has 9 heteroatoms. The van der Waals surface area contributed by atoms with E-state index in [-0.39, 0.29) is 22.6 Å². The predicted molar refractivity (Wildman–Crippen MR) is 116 cm³/mol. The minimum Gasteiger partial charge on any atom is -0.351 e. The Hall–Kier alpha value is -2.23. The van der Waals surface area contributed by atoms with E-state index < -0.39 is 10.0 Å². The summed E-state index contributed by atoms with van der Waals surface area (Å²) in [5.41, 5.74) is 1.54. The lowest BCUT2D eigenvalue weighted by Gasteiger charge is -2.30. The van der Waals surface area contributed by atoms with E-state index in [4.69, 9.17) is 0 Å². The Morgan fingerprint density at radius 3 is 2.73 bits per heavy atom. The minimum atomic E-state index is -3.63. The van der Waals surface area contributed by atoms with Crippen molar-refractivity contribution in [3.05, 3.63) is 46.2 Å². The van der Waals surface area contributed by atoms with Crippen molar-refractivity contribution in [2.75, 3.05) is 18.4 Å². The summed E-state index contributed by atoms with van der Waals surface area (Å²) >= 11 is 1.60. The number of anilines is 1. The smallest absolute Gasteiger partial charge is 0.243 e. The fourth-order valence-electron chi connectivity index (χ4n) is 3.95. The highest BCUT2D eigenvalue weighted by molar-refractivity contribution is 7.89. The van der Waals surface area contributed by atoms with Crippen LogP contribution < -0.4 is 10.6 Å². The fraction of sp³-hybridized carbons (Fsp3) is 0.429. The number of carbonyl (C=O) groups is 2. The van der Waals surface area contributed by atoms with Crippen molar-refractivity contribution in [3.8, 4) is 0 Å². The number of sulfonamides is 1. The Bertz CT molecular complexity index is 1030. The largest absolute Gasteiger partial charge is 0.351 e. The van der Waals surface area contributed by atoms with Gasteiger partial charge in [0.25, 0.3) is 0 Å². The first-order valence-corrected chi connectivity index (χ1v) is 12.5. The summed E-state index contributed by atoms with van der Waals surface area (Å²) < 4.78 is 27.7. The van der Waals surface area contributed by atoms with E-state index in [0.717, 1.165) is 10.4 Å². The molecule has 0 atom stereocenters. The number of benzene rings is 1.